The molecule has 4 aromatic carbocycles. The van der Waals surface area contributed by atoms with Gasteiger partial charge in [0.05, 0.1) is 78.0 Å². The first-order chi connectivity index (χ1) is 32.7. The molecule has 8 aromatic rings. The van der Waals surface area contributed by atoms with Crippen molar-refractivity contribution in [1.82, 2.24) is 28.7 Å². The molecule has 0 atom stereocenters. The molecule has 0 saturated heterocycles. The van der Waals surface area contributed by atoms with E-state index in [1.165, 1.54) is 62.4 Å². The smallest absolute Gasteiger partial charge is 0.337 e. The van der Waals surface area contributed by atoms with Gasteiger partial charge >= 0.3 is 35.8 Å². The van der Waals surface area contributed by atoms with Gasteiger partial charge in [0.2, 0.25) is 0 Å². The number of rotatable bonds is 12. The minimum Gasteiger partial charge on any atom is -0.478 e. The number of fused-ring (bicyclic) bond motifs is 2. The molecule has 69 heavy (non-hydrogen) atoms. The van der Waals surface area contributed by atoms with Crippen LogP contribution in [0.4, 0.5) is 0 Å². The molecule has 8 N–H and O–H groups in total. The molecule has 22 nitrogen and oxygen atoms in total. The van der Waals surface area contributed by atoms with Crippen molar-refractivity contribution in [3.05, 3.63) is 188 Å². The number of aryl methyl sites for hydroxylation is 2. The average Bonchev–Trinajstić information content (AvgIpc) is 3.84. The first-order valence-corrected chi connectivity index (χ1v) is 19.8. The Hall–Kier alpha value is -10.3. The van der Waals surface area contributed by atoms with Gasteiger partial charge in [-0.1, -0.05) is 24.3 Å². The molecule has 0 amide bonds. The summed E-state index contributed by atoms with van der Waals surface area (Å²) < 4.78 is 3.28. The van der Waals surface area contributed by atoms with Crippen LogP contribution in [0.5, 0.6) is 0 Å². The zero-order valence-electron chi connectivity index (χ0n) is 35.3. The van der Waals surface area contributed by atoms with E-state index >= 15 is 0 Å². The number of nitrogens with zero attached hydrogens (tertiary/aromatic N) is 4. The molecule has 344 valence electrons. The SMILES string of the molecule is Cc1c(C=C=Cc2c(C)c3c(=O)n(-c4cc(C(=O)O)cc(C(=O)O)c4)[nH]c3n(-c3ccccc3C(=O)O)c2=O)c(=O)n(-c2ccccc2C(=O)O)c2[nH]n(-c3cc(C(=O)O)cc(C(=O)O)c3)c(=O)c12. The summed E-state index contributed by atoms with van der Waals surface area (Å²) in [4.78, 5) is 131. The maximum atomic E-state index is 14.7. The third-order valence-electron chi connectivity index (χ3n) is 11.2. The highest BCUT2D eigenvalue weighted by Gasteiger charge is 2.26. The summed E-state index contributed by atoms with van der Waals surface area (Å²) in [5.74, 6) is -9.06. The second-order valence-electron chi connectivity index (χ2n) is 15.2. The van der Waals surface area contributed by atoms with Crippen LogP contribution in [0.25, 0.3) is 57.0 Å². The zero-order chi connectivity index (χ0) is 49.9. The number of carboxylic acid groups (broad SMARTS) is 6. The molecular weight excluding hydrogens is 905 g/mol. The Balaban J connectivity index is 1.43. The topological polar surface area (TPSA) is 343 Å². The number of nitrogens with one attached hydrogen (secondary N) is 2. The van der Waals surface area contributed by atoms with Crippen molar-refractivity contribution in [3.63, 3.8) is 0 Å². The van der Waals surface area contributed by atoms with Gasteiger partial charge in [0.15, 0.2) is 0 Å². The number of para-hydroxylation sites is 2. The summed E-state index contributed by atoms with van der Waals surface area (Å²) >= 11 is 0. The zero-order valence-corrected chi connectivity index (χ0v) is 35.3. The predicted octanol–water partition coefficient (Wildman–Crippen LogP) is 4.38. The Bertz CT molecular complexity index is 3660. The van der Waals surface area contributed by atoms with Gasteiger partial charge in [-0.3, -0.25) is 38.5 Å². The Morgan fingerprint density at radius 3 is 1.09 bits per heavy atom. The fraction of sp³-hybridized carbons (Fsp3) is 0.0426. The van der Waals surface area contributed by atoms with Crippen LogP contribution in [0, 0.1) is 13.8 Å². The first kappa shape index (κ1) is 45.2. The third kappa shape index (κ3) is 7.57. The summed E-state index contributed by atoms with van der Waals surface area (Å²) in [6, 6.07) is 16.2. The van der Waals surface area contributed by atoms with Crippen molar-refractivity contribution in [2.45, 2.75) is 13.8 Å². The molecular formula is C47H30N6O16. The number of aromatic nitrogens is 6. The fourth-order valence-electron chi connectivity index (χ4n) is 7.93. The summed E-state index contributed by atoms with van der Waals surface area (Å²) in [5.41, 5.74) is -6.20. The van der Waals surface area contributed by atoms with Crippen LogP contribution in [-0.4, -0.2) is 95.2 Å². The molecule has 0 spiro atoms. The molecule has 0 unspecified atom stereocenters. The molecule has 4 heterocycles. The van der Waals surface area contributed by atoms with Crippen LogP contribution in [-0.2, 0) is 0 Å². The monoisotopic (exact) mass is 934 g/mol. The van der Waals surface area contributed by atoms with Gasteiger partial charge in [0, 0.05) is 0 Å². The van der Waals surface area contributed by atoms with Crippen molar-refractivity contribution in [1.29, 1.82) is 0 Å². The van der Waals surface area contributed by atoms with Crippen LogP contribution >= 0.6 is 0 Å². The molecule has 8 rings (SSSR count). The molecule has 22 heteroatoms. The van der Waals surface area contributed by atoms with Crippen LogP contribution in [0.3, 0.4) is 0 Å². The van der Waals surface area contributed by atoms with Crippen molar-refractivity contribution in [2.75, 3.05) is 0 Å². The van der Waals surface area contributed by atoms with Gasteiger partial charge in [0.25, 0.3) is 22.2 Å². The maximum Gasteiger partial charge on any atom is 0.337 e. The second kappa shape index (κ2) is 16.9. The van der Waals surface area contributed by atoms with E-state index in [1.807, 2.05) is 0 Å². The van der Waals surface area contributed by atoms with Crippen LogP contribution in [0.15, 0.2) is 110 Å². The van der Waals surface area contributed by atoms with E-state index < -0.39 is 91.4 Å². The van der Waals surface area contributed by atoms with Crippen LogP contribution in [0.1, 0.15) is 84.4 Å². The van der Waals surface area contributed by atoms with E-state index in [0.717, 1.165) is 67.0 Å². The Morgan fingerprint density at radius 2 is 0.783 bits per heavy atom. The maximum absolute atomic E-state index is 14.7. The Morgan fingerprint density at radius 1 is 0.464 bits per heavy atom. The van der Waals surface area contributed by atoms with Gasteiger partial charge in [0.1, 0.15) is 11.3 Å². The van der Waals surface area contributed by atoms with Crippen molar-refractivity contribution >= 4 is 70.0 Å². The van der Waals surface area contributed by atoms with E-state index in [2.05, 4.69) is 15.9 Å². The number of hydrogen-bond acceptors (Lipinski definition) is 10. The average molecular weight is 935 g/mol. The third-order valence-corrected chi connectivity index (χ3v) is 11.2. The highest BCUT2D eigenvalue weighted by atomic mass is 16.4. The number of carbonyl (C=O) groups is 6. The standard InChI is InChI=1S/C47H30N6O16/c1-20-28(38(54)50(32-12-5-3-8-30(32)46(66)67)36-34(20)40(56)52(48-36)26-16-22(42(58)59)14-23(17-26)43(60)61)10-7-11-29-21(2)35-37(51(39(29)55)33-13-6-4-9-31(33)47(68)69)49-53(41(35)57)27-18-24(44(62)63)15-25(19-27)45(64)65/h3-6,8-19,48-49H,1-2H3,(H,58,59)(H,60,61)(H,62,63)(H,64,65)(H,66,67)(H,68,69). The van der Waals surface area contributed by atoms with Crippen molar-refractivity contribution in [3.8, 4) is 22.7 Å². The largest absolute Gasteiger partial charge is 0.478 e. The lowest BCUT2D eigenvalue weighted by Gasteiger charge is -2.13. The predicted molar refractivity (Wildman–Crippen MR) is 243 cm³/mol. The lowest BCUT2D eigenvalue weighted by Crippen LogP contribution is -2.25. The second-order valence-corrected chi connectivity index (χ2v) is 15.2. The van der Waals surface area contributed by atoms with Crippen molar-refractivity contribution in [2.24, 2.45) is 0 Å². The Labute approximate surface area is 381 Å². The first-order valence-electron chi connectivity index (χ1n) is 19.8. The molecule has 0 fully saturated rings. The fourth-order valence-corrected chi connectivity index (χ4v) is 7.93. The van der Waals surface area contributed by atoms with E-state index in [1.54, 1.807) is 0 Å². The summed E-state index contributed by atoms with van der Waals surface area (Å²) in [5, 5.41) is 64.1. The van der Waals surface area contributed by atoms with Gasteiger partial charge < -0.3 is 30.6 Å². The number of aromatic carboxylic acids is 6. The molecule has 0 aliphatic carbocycles. The number of carboxylic acids is 6. The molecule has 0 radical (unpaired) electrons. The lowest BCUT2D eigenvalue weighted by molar-refractivity contribution is 0.0676. The highest BCUT2D eigenvalue weighted by Crippen LogP contribution is 2.26. The molecule has 0 bridgehead atoms. The van der Waals surface area contributed by atoms with E-state index in [9.17, 15) is 78.6 Å². The van der Waals surface area contributed by atoms with Crippen molar-refractivity contribution < 1.29 is 59.4 Å². The number of aromatic amines is 2. The van der Waals surface area contributed by atoms with Crippen LogP contribution < -0.4 is 22.2 Å². The summed E-state index contributed by atoms with van der Waals surface area (Å²) in [6.45, 7) is 2.70. The van der Waals surface area contributed by atoms with E-state index in [4.69, 9.17) is 0 Å². The van der Waals surface area contributed by atoms with E-state index in [-0.39, 0.29) is 67.1 Å². The van der Waals surface area contributed by atoms with E-state index in [0.29, 0.717) is 0 Å². The van der Waals surface area contributed by atoms with Gasteiger partial charge in [-0.2, -0.15) is 0 Å². The number of pyridine rings is 2. The highest BCUT2D eigenvalue weighted by molar-refractivity contribution is 5.97. The molecule has 0 saturated carbocycles. The minimum atomic E-state index is -1.53. The summed E-state index contributed by atoms with van der Waals surface area (Å²) in [6.07, 6.45) is 2.11. The van der Waals surface area contributed by atoms with Crippen LogP contribution in [0.2, 0.25) is 0 Å². The quantitative estimate of drug-likeness (QED) is 0.0788. The van der Waals surface area contributed by atoms with Gasteiger partial charge in [-0.15, -0.1) is 5.73 Å². The lowest BCUT2D eigenvalue weighted by atomic mass is 10.0. The van der Waals surface area contributed by atoms with Gasteiger partial charge in [-0.25, -0.2) is 38.1 Å². The number of hydrogen-bond donors (Lipinski definition) is 8. The van der Waals surface area contributed by atoms with Gasteiger partial charge in [-0.05, 0) is 97.8 Å². The molecule has 0 aliphatic heterocycles. The Kier molecular flexibility index (Phi) is 11.1. The molecule has 4 aromatic heterocycles. The normalized spacial score (nSPS) is 11.0. The minimum absolute atomic E-state index is 0.0504. The number of H-pyrrole nitrogens is 2. The molecule has 0 aliphatic rings. The summed E-state index contributed by atoms with van der Waals surface area (Å²) in [7, 11) is 0. The number of benzene rings is 4.